The first-order chi connectivity index (χ1) is 9.06. The number of nitrogens with two attached hydrogens (primary N) is 1. The summed E-state index contributed by atoms with van der Waals surface area (Å²) in [6.07, 6.45) is 2.54. The molecule has 1 unspecified atom stereocenters. The van der Waals surface area contributed by atoms with Crippen molar-refractivity contribution in [1.82, 2.24) is 5.32 Å². The maximum atomic E-state index is 11.7. The number of nitrogens with zero attached hydrogens (tertiary/aromatic N) is 1. The molecule has 19 heavy (non-hydrogen) atoms. The first-order valence-electron chi connectivity index (χ1n) is 6.32. The van der Waals surface area contributed by atoms with Gasteiger partial charge in [-0.05, 0) is 24.3 Å². The fourth-order valence-corrected chi connectivity index (χ4v) is 1.96. The highest BCUT2D eigenvalue weighted by Crippen LogP contribution is 2.32. The van der Waals surface area contributed by atoms with Gasteiger partial charge in [0.2, 0.25) is 5.91 Å². The monoisotopic (exact) mass is 263 g/mol. The van der Waals surface area contributed by atoms with Crippen LogP contribution in [-0.4, -0.2) is 16.9 Å². The van der Waals surface area contributed by atoms with Crippen LogP contribution in [0.1, 0.15) is 24.8 Å². The molecule has 6 nitrogen and oxygen atoms in total. The summed E-state index contributed by atoms with van der Waals surface area (Å²) >= 11 is 0. The molecule has 1 atom stereocenters. The van der Waals surface area contributed by atoms with E-state index in [0.717, 1.165) is 12.8 Å². The van der Waals surface area contributed by atoms with Crippen LogP contribution in [0.2, 0.25) is 0 Å². The fourth-order valence-electron chi connectivity index (χ4n) is 1.96. The number of nitro benzene ring substituents is 1. The van der Waals surface area contributed by atoms with Gasteiger partial charge in [-0.2, -0.15) is 0 Å². The van der Waals surface area contributed by atoms with Gasteiger partial charge in [0.25, 0.3) is 5.69 Å². The Morgan fingerprint density at radius 2 is 2.26 bits per heavy atom. The number of nitrogens with one attached hydrogen (secondary N) is 1. The molecule has 1 amide bonds. The second-order valence-electron chi connectivity index (χ2n) is 4.91. The molecular formula is C13H17N3O3. The minimum Gasteiger partial charge on any atom is -0.352 e. The normalized spacial score (nSPS) is 15.8. The van der Waals surface area contributed by atoms with Crippen LogP contribution in [0, 0.1) is 16.0 Å². The lowest BCUT2D eigenvalue weighted by Gasteiger charge is -2.10. The predicted octanol–water partition coefficient (Wildman–Crippen LogP) is 1.34. The average Bonchev–Trinajstić information content (AvgIpc) is 3.21. The molecule has 1 fully saturated rings. The highest BCUT2D eigenvalue weighted by molar-refractivity contribution is 5.76. The highest BCUT2D eigenvalue weighted by Gasteiger charge is 2.29. The summed E-state index contributed by atoms with van der Waals surface area (Å²) in [5, 5.41) is 13.4. The third-order valence-electron chi connectivity index (χ3n) is 3.26. The average molecular weight is 263 g/mol. The Kier molecular flexibility index (Phi) is 4.11. The van der Waals surface area contributed by atoms with E-state index in [1.54, 1.807) is 12.1 Å². The van der Waals surface area contributed by atoms with Crippen molar-refractivity contribution in [2.75, 3.05) is 0 Å². The van der Waals surface area contributed by atoms with Gasteiger partial charge in [0, 0.05) is 31.1 Å². The van der Waals surface area contributed by atoms with Crippen molar-refractivity contribution in [3.8, 4) is 0 Å². The number of benzene rings is 1. The van der Waals surface area contributed by atoms with Gasteiger partial charge < -0.3 is 11.1 Å². The van der Waals surface area contributed by atoms with Crippen LogP contribution in [0.4, 0.5) is 5.69 Å². The van der Waals surface area contributed by atoms with Crippen molar-refractivity contribution in [1.29, 1.82) is 0 Å². The molecule has 1 aliphatic carbocycles. The van der Waals surface area contributed by atoms with E-state index in [4.69, 9.17) is 5.73 Å². The highest BCUT2D eigenvalue weighted by atomic mass is 16.6. The first-order valence-corrected chi connectivity index (χ1v) is 6.32. The summed E-state index contributed by atoms with van der Waals surface area (Å²) in [4.78, 5) is 21.8. The summed E-state index contributed by atoms with van der Waals surface area (Å²) in [5.74, 6) is 0.384. The summed E-state index contributed by atoms with van der Waals surface area (Å²) in [6, 6.07) is 6.17. The molecule has 1 aliphatic rings. The van der Waals surface area contributed by atoms with E-state index >= 15 is 0 Å². The lowest BCUT2D eigenvalue weighted by molar-refractivity contribution is -0.384. The van der Waals surface area contributed by atoms with Crippen LogP contribution in [0.15, 0.2) is 24.3 Å². The summed E-state index contributed by atoms with van der Waals surface area (Å²) in [7, 11) is 0. The molecular weight excluding hydrogens is 246 g/mol. The molecule has 0 heterocycles. The van der Waals surface area contributed by atoms with Crippen LogP contribution in [-0.2, 0) is 11.3 Å². The minimum absolute atomic E-state index is 0.0291. The first kappa shape index (κ1) is 13.5. The number of non-ortho nitro benzene ring substituents is 1. The quantitative estimate of drug-likeness (QED) is 0.597. The van der Waals surface area contributed by atoms with Crippen LogP contribution in [0.3, 0.4) is 0 Å². The van der Waals surface area contributed by atoms with E-state index < -0.39 is 4.92 Å². The third-order valence-corrected chi connectivity index (χ3v) is 3.26. The Labute approximate surface area is 111 Å². The van der Waals surface area contributed by atoms with Crippen molar-refractivity contribution in [2.45, 2.75) is 31.8 Å². The molecule has 3 N–H and O–H groups in total. The van der Waals surface area contributed by atoms with Crippen LogP contribution in [0.25, 0.3) is 0 Å². The van der Waals surface area contributed by atoms with E-state index in [1.807, 2.05) is 0 Å². The molecule has 0 aromatic heterocycles. The van der Waals surface area contributed by atoms with Gasteiger partial charge in [-0.15, -0.1) is 0 Å². The molecule has 0 saturated heterocycles. The van der Waals surface area contributed by atoms with Crippen molar-refractivity contribution in [2.24, 2.45) is 11.7 Å². The number of carbonyl (C=O) groups excluding carboxylic acids is 1. The van der Waals surface area contributed by atoms with E-state index in [2.05, 4.69) is 5.32 Å². The van der Waals surface area contributed by atoms with Gasteiger partial charge in [0.15, 0.2) is 0 Å². The van der Waals surface area contributed by atoms with E-state index in [1.165, 1.54) is 12.1 Å². The van der Waals surface area contributed by atoms with Crippen LogP contribution >= 0.6 is 0 Å². The lowest BCUT2D eigenvalue weighted by atomic mass is 10.1. The van der Waals surface area contributed by atoms with Gasteiger partial charge in [-0.3, -0.25) is 14.9 Å². The molecule has 0 bridgehead atoms. The number of nitro groups is 1. The fraction of sp³-hybridized carbons (Fsp3) is 0.462. The van der Waals surface area contributed by atoms with Crippen molar-refractivity contribution in [3.05, 3.63) is 39.9 Å². The van der Waals surface area contributed by atoms with Crippen molar-refractivity contribution >= 4 is 11.6 Å². The molecule has 0 spiro atoms. The van der Waals surface area contributed by atoms with E-state index in [-0.39, 0.29) is 24.2 Å². The molecule has 6 heteroatoms. The molecule has 102 valence electrons. The summed E-state index contributed by atoms with van der Waals surface area (Å²) < 4.78 is 0. The number of amides is 1. The topological polar surface area (TPSA) is 98.3 Å². The number of hydrogen-bond donors (Lipinski definition) is 2. The van der Waals surface area contributed by atoms with E-state index in [0.29, 0.717) is 17.9 Å². The second kappa shape index (κ2) is 5.79. The molecule has 1 aromatic rings. The van der Waals surface area contributed by atoms with Gasteiger partial charge in [-0.25, -0.2) is 0 Å². The third kappa shape index (κ3) is 4.03. The maximum Gasteiger partial charge on any atom is 0.269 e. The van der Waals surface area contributed by atoms with Crippen molar-refractivity contribution in [3.63, 3.8) is 0 Å². The zero-order valence-corrected chi connectivity index (χ0v) is 10.5. The number of carbonyl (C=O) groups is 1. The molecule has 1 saturated carbocycles. The molecule has 1 aromatic carbocycles. The zero-order valence-electron chi connectivity index (χ0n) is 10.5. The summed E-state index contributed by atoms with van der Waals surface area (Å²) in [6.45, 7) is 0.290. The van der Waals surface area contributed by atoms with Gasteiger partial charge in [0.1, 0.15) is 0 Å². The number of rotatable bonds is 6. The Hall–Kier alpha value is -1.95. The SMILES string of the molecule is NC(CC(=O)NCc1cccc([N+](=O)[O-])c1)C1CC1. The smallest absolute Gasteiger partial charge is 0.269 e. The van der Waals surface area contributed by atoms with Gasteiger partial charge in [-0.1, -0.05) is 12.1 Å². The van der Waals surface area contributed by atoms with E-state index in [9.17, 15) is 14.9 Å². The minimum atomic E-state index is -0.450. The predicted molar refractivity (Wildman–Crippen MR) is 70.3 cm³/mol. The molecule has 0 aliphatic heterocycles. The molecule has 0 radical (unpaired) electrons. The summed E-state index contributed by atoms with van der Waals surface area (Å²) in [5.41, 5.74) is 6.60. The standard InChI is InChI=1S/C13H17N3O3/c14-12(10-4-5-10)7-13(17)15-8-9-2-1-3-11(6-9)16(18)19/h1-3,6,10,12H,4-5,7-8,14H2,(H,15,17). The zero-order chi connectivity index (χ0) is 13.8. The Bertz CT molecular complexity index is 486. The maximum absolute atomic E-state index is 11.7. The van der Waals surface area contributed by atoms with Crippen LogP contribution < -0.4 is 11.1 Å². The van der Waals surface area contributed by atoms with Crippen molar-refractivity contribution < 1.29 is 9.72 Å². The van der Waals surface area contributed by atoms with Gasteiger partial charge >= 0.3 is 0 Å². The van der Waals surface area contributed by atoms with Crippen LogP contribution in [0.5, 0.6) is 0 Å². The number of hydrogen-bond acceptors (Lipinski definition) is 4. The Morgan fingerprint density at radius 3 is 2.89 bits per heavy atom. The Morgan fingerprint density at radius 1 is 1.53 bits per heavy atom. The Balaban J connectivity index is 1.82. The van der Waals surface area contributed by atoms with Gasteiger partial charge in [0.05, 0.1) is 4.92 Å². The lowest BCUT2D eigenvalue weighted by Crippen LogP contribution is -2.32. The largest absolute Gasteiger partial charge is 0.352 e. The molecule has 2 rings (SSSR count). The second-order valence-corrected chi connectivity index (χ2v) is 4.91.